The van der Waals surface area contributed by atoms with Crippen molar-refractivity contribution in [2.75, 3.05) is 0 Å². The van der Waals surface area contributed by atoms with Crippen LogP contribution in [0.25, 0.3) is 5.73 Å². The molecule has 1 nitrogen and oxygen atoms in total. The van der Waals surface area contributed by atoms with Crippen molar-refractivity contribution in [3.05, 3.63) is 30.0 Å². The Morgan fingerprint density at radius 3 is 1.71 bits per heavy atom. The molecule has 0 aromatic rings. The Balaban J connectivity index is -0.000000130. The average molecular weight is 288 g/mol. The molecule has 0 bridgehead atoms. The van der Waals surface area contributed by atoms with E-state index in [1.807, 2.05) is 32.9 Å². The van der Waals surface area contributed by atoms with Crippen molar-refractivity contribution in [2.24, 2.45) is 0 Å². The van der Waals surface area contributed by atoms with E-state index in [0.29, 0.717) is 0 Å². The van der Waals surface area contributed by atoms with Gasteiger partial charge in [-0.3, -0.25) is 6.08 Å². The average Bonchev–Trinajstić information content (AvgIpc) is 2.36. The Labute approximate surface area is 111 Å². The molecule has 79 valence electrons. The second-order valence-corrected chi connectivity index (χ2v) is 4.99. The fourth-order valence-corrected chi connectivity index (χ4v) is 0.340. The molecule has 0 atom stereocenters. The van der Waals surface area contributed by atoms with Crippen molar-refractivity contribution in [2.45, 2.75) is 45.8 Å². The normalized spacial score (nSPS) is 11.9. The van der Waals surface area contributed by atoms with Crippen LogP contribution >= 0.6 is 0 Å². The fraction of sp³-hybridized carbons (Fsp3) is 0.636. The van der Waals surface area contributed by atoms with E-state index < -0.39 is 0 Å². The third-order valence-corrected chi connectivity index (χ3v) is 0.586. The van der Waals surface area contributed by atoms with E-state index in [1.54, 1.807) is 0 Å². The first-order valence-corrected chi connectivity index (χ1v) is 6.93. The van der Waals surface area contributed by atoms with Crippen molar-refractivity contribution in [3.8, 4) is 0 Å². The molecule has 0 unspecified atom stereocenters. The maximum Gasteiger partial charge on any atom is 2.00 e. The number of allylic oxidation sites excluding steroid dienone is 4. The summed E-state index contributed by atoms with van der Waals surface area (Å²) in [5.41, 5.74) is 6.69. The number of nitrogens with one attached hydrogen (secondary N) is 1. The Kier molecular flexibility index (Phi) is 19.4. The van der Waals surface area contributed by atoms with Gasteiger partial charge in [0.05, 0.1) is 0 Å². The van der Waals surface area contributed by atoms with E-state index in [1.165, 1.54) is 0 Å². The van der Waals surface area contributed by atoms with E-state index >= 15 is 0 Å². The molecule has 0 aliphatic heterocycles. The molecule has 14 heavy (non-hydrogen) atoms. The zero-order valence-corrected chi connectivity index (χ0v) is 13.6. The first kappa shape index (κ1) is 20.0. The molecule has 1 aliphatic carbocycles. The monoisotopic (exact) mass is 286 g/mol. The number of hydrogen-bond acceptors (Lipinski definition) is 0. The molecular weight excluding hydrogens is 265 g/mol. The third kappa shape index (κ3) is 54.4. The molecule has 0 saturated carbocycles. The molecule has 0 heterocycles. The maximum atomic E-state index is 6.94. The first-order chi connectivity index (χ1) is 5.91. The van der Waals surface area contributed by atoms with Gasteiger partial charge >= 0.3 is 26.2 Å². The molecule has 1 N–H and O–H groups in total. The quantitative estimate of drug-likeness (QED) is 0.480. The predicted molar refractivity (Wildman–Crippen MR) is 64.5 cm³/mol. The third-order valence-electron chi connectivity index (χ3n) is 0.586. The molecule has 0 aromatic carbocycles. The summed E-state index contributed by atoms with van der Waals surface area (Å²) in [6, 6.07) is 0. The van der Waals surface area contributed by atoms with Gasteiger partial charge in [-0.05, 0) is 0 Å². The van der Waals surface area contributed by atoms with Gasteiger partial charge in [0.1, 0.15) is 0 Å². The van der Waals surface area contributed by atoms with E-state index in [0.717, 1.165) is 15.9 Å². The van der Waals surface area contributed by atoms with Gasteiger partial charge in [-0.1, -0.05) is 33.9 Å². The van der Waals surface area contributed by atoms with Crippen molar-refractivity contribution < 1.29 is 26.2 Å². The van der Waals surface area contributed by atoms with Gasteiger partial charge in [0, 0.05) is 9.52 Å². The second-order valence-electron chi connectivity index (χ2n) is 3.83. The SMILES string of the molecule is CC(C)(C)[NH-].C[SiH]C.[C-]1=CC=CC1.[Zr+2]. The minimum absolute atomic E-state index is 0. The van der Waals surface area contributed by atoms with Crippen LogP contribution in [0.5, 0.6) is 0 Å². The van der Waals surface area contributed by atoms with E-state index in [9.17, 15) is 0 Å². The largest absolute Gasteiger partial charge is 2.00 e. The molecule has 3 heteroatoms. The molecule has 0 amide bonds. The molecule has 0 fully saturated rings. The minimum Gasteiger partial charge on any atom is -0.673 e. The van der Waals surface area contributed by atoms with Gasteiger partial charge in [-0.15, -0.1) is 12.0 Å². The van der Waals surface area contributed by atoms with Crippen molar-refractivity contribution in [1.82, 2.24) is 0 Å². The summed E-state index contributed by atoms with van der Waals surface area (Å²) in [5.74, 6) is 0. The van der Waals surface area contributed by atoms with E-state index in [4.69, 9.17) is 5.73 Å². The van der Waals surface area contributed by atoms with Gasteiger partial charge in [0.25, 0.3) is 0 Å². The molecule has 0 spiro atoms. The van der Waals surface area contributed by atoms with Crippen LogP contribution in [0.15, 0.2) is 18.2 Å². The fourth-order valence-electron chi connectivity index (χ4n) is 0.340. The minimum atomic E-state index is -0.250. The summed E-state index contributed by atoms with van der Waals surface area (Å²) in [7, 11) is 0.750. The summed E-state index contributed by atoms with van der Waals surface area (Å²) in [4.78, 5) is 0. The van der Waals surface area contributed by atoms with Crippen LogP contribution in [-0.4, -0.2) is 15.1 Å². The Hall–Kier alpha value is 0.540. The Morgan fingerprint density at radius 1 is 1.29 bits per heavy atom. The topological polar surface area (TPSA) is 23.8 Å². The molecular formula is C11H22NSiZr. The van der Waals surface area contributed by atoms with Crippen LogP contribution in [0.2, 0.25) is 13.1 Å². The Bertz CT molecular complexity index is 132. The molecule has 1 aliphatic rings. The van der Waals surface area contributed by atoms with Gasteiger partial charge < -0.3 is 5.73 Å². The van der Waals surface area contributed by atoms with Gasteiger partial charge in [-0.2, -0.15) is 6.08 Å². The van der Waals surface area contributed by atoms with Gasteiger partial charge in [0.2, 0.25) is 0 Å². The van der Waals surface area contributed by atoms with Crippen molar-refractivity contribution in [1.29, 1.82) is 0 Å². The molecule has 0 aromatic heterocycles. The van der Waals surface area contributed by atoms with Crippen LogP contribution in [0.4, 0.5) is 0 Å². The summed E-state index contributed by atoms with van der Waals surface area (Å²) < 4.78 is 0. The van der Waals surface area contributed by atoms with Crippen molar-refractivity contribution in [3.63, 3.8) is 0 Å². The van der Waals surface area contributed by atoms with Crippen LogP contribution in [0, 0.1) is 6.08 Å². The van der Waals surface area contributed by atoms with Crippen LogP contribution in [0.3, 0.4) is 0 Å². The van der Waals surface area contributed by atoms with E-state index in [-0.39, 0.29) is 31.7 Å². The summed E-state index contributed by atoms with van der Waals surface area (Å²) in [5, 5.41) is 0. The first-order valence-electron chi connectivity index (χ1n) is 4.62. The van der Waals surface area contributed by atoms with Crippen LogP contribution in [0.1, 0.15) is 27.2 Å². The van der Waals surface area contributed by atoms with Crippen molar-refractivity contribution >= 4 is 9.52 Å². The molecule has 0 saturated heterocycles. The van der Waals surface area contributed by atoms with Crippen LogP contribution in [-0.2, 0) is 26.2 Å². The molecule has 1 rings (SSSR count). The van der Waals surface area contributed by atoms with Gasteiger partial charge in [-0.25, -0.2) is 12.2 Å². The summed E-state index contributed by atoms with van der Waals surface area (Å²) >= 11 is 0. The summed E-state index contributed by atoms with van der Waals surface area (Å²) in [6.45, 7) is 9.98. The zero-order valence-electron chi connectivity index (χ0n) is 10.0. The number of hydrogen-bond donors (Lipinski definition) is 0. The van der Waals surface area contributed by atoms with E-state index in [2.05, 4.69) is 25.2 Å². The van der Waals surface area contributed by atoms with Crippen LogP contribution < -0.4 is 0 Å². The maximum absolute atomic E-state index is 6.94. The Morgan fingerprint density at radius 2 is 1.64 bits per heavy atom. The smallest absolute Gasteiger partial charge is 0.673 e. The molecule has 1 radical (unpaired) electrons. The summed E-state index contributed by atoms with van der Waals surface area (Å²) in [6.07, 6.45) is 10.0. The standard InChI is InChI=1S/C5H5.C4H10N.C2H7Si.Zr/c1-2-4-5-3-1;1-4(2,3)5;1-3-2;/h1-3H,4H2;5H,1-3H3;3H,1-2H3;/q2*-1;;+2. The van der Waals surface area contributed by atoms with Gasteiger partial charge in [0.15, 0.2) is 0 Å². The predicted octanol–water partition coefficient (Wildman–Crippen LogP) is 3.66. The second kappa shape index (κ2) is 13.5. The zero-order chi connectivity index (χ0) is 10.7. The number of rotatable bonds is 0.